The molecule has 8 nitrogen and oxygen atoms in total. The largest absolute Gasteiger partial charge is 0.508 e. The molecule has 0 spiro atoms. The highest BCUT2D eigenvalue weighted by molar-refractivity contribution is 5.93. The van der Waals surface area contributed by atoms with Gasteiger partial charge in [-0.1, -0.05) is 58.7 Å². The number of para-hydroxylation sites is 1. The molecular weight excluding hydrogens is 458 g/mol. The highest BCUT2D eigenvalue weighted by Crippen LogP contribution is 2.36. The molecule has 1 aromatic carbocycles. The maximum Gasteiger partial charge on any atom is 0.408 e. The number of alkyl carbamates (subject to hydrolysis) is 1. The van der Waals surface area contributed by atoms with Gasteiger partial charge in [-0.05, 0) is 59.4 Å². The minimum Gasteiger partial charge on any atom is -0.508 e. The van der Waals surface area contributed by atoms with E-state index in [9.17, 15) is 19.5 Å². The van der Waals surface area contributed by atoms with Crippen molar-refractivity contribution in [2.75, 3.05) is 6.54 Å². The van der Waals surface area contributed by atoms with E-state index in [1.54, 1.807) is 39.0 Å². The van der Waals surface area contributed by atoms with Crippen LogP contribution in [0.3, 0.4) is 0 Å². The molecule has 0 bridgehead atoms. The number of aromatic hydroxyl groups is 1. The number of hydrogen-bond donors (Lipinski definition) is 3. The fourth-order valence-electron chi connectivity index (χ4n) is 3.84. The zero-order valence-corrected chi connectivity index (χ0v) is 23.6. The van der Waals surface area contributed by atoms with Crippen LogP contribution < -0.4 is 10.6 Å². The molecular formula is C28H47N3O5. The monoisotopic (exact) mass is 505 g/mol. The summed E-state index contributed by atoms with van der Waals surface area (Å²) in [6.45, 7) is 17.2. The number of hydrogen-bond acceptors (Lipinski definition) is 5. The average Bonchev–Trinajstić information content (AvgIpc) is 2.77. The van der Waals surface area contributed by atoms with E-state index in [0.717, 1.165) is 19.3 Å². The van der Waals surface area contributed by atoms with Gasteiger partial charge in [-0.25, -0.2) is 4.79 Å². The van der Waals surface area contributed by atoms with Crippen LogP contribution in [-0.2, 0) is 14.3 Å². The number of phenolic OH excluding ortho intramolecular Hbond substituents is 1. The first kappa shape index (κ1) is 31.3. The summed E-state index contributed by atoms with van der Waals surface area (Å²) in [7, 11) is 0. The van der Waals surface area contributed by atoms with E-state index in [4.69, 9.17) is 4.74 Å². The average molecular weight is 506 g/mol. The Bertz CT molecular complexity index is 876. The van der Waals surface area contributed by atoms with E-state index in [1.165, 1.54) is 11.0 Å². The molecule has 0 aromatic heterocycles. The lowest BCUT2D eigenvalue weighted by atomic mass is 9.90. The number of rotatable bonds is 12. The standard InChI is InChI=1S/C28H47N3O5/c1-10-12-15-18-29-24(33)23(20-16-13-14-17-21(20)32)31(28(8,9)11-2)25(34)22(19(3)4)30-26(35)36-27(5,6)7/h13-14,16-17,19,22-23,32H,10-12,15,18H2,1-9H3,(H,29,33)(H,30,35). The fourth-order valence-corrected chi connectivity index (χ4v) is 3.84. The van der Waals surface area contributed by atoms with Gasteiger partial charge in [-0.15, -0.1) is 0 Å². The Morgan fingerprint density at radius 1 is 1.03 bits per heavy atom. The molecule has 0 heterocycles. The molecule has 0 saturated carbocycles. The molecule has 0 saturated heterocycles. The lowest BCUT2D eigenvalue weighted by Gasteiger charge is -2.45. The van der Waals surface area contributed by atoms with Crippen molar-refractivity contribution in [3.05, 3.63) is 29.8 Å². The second kappa shape index (κ2) is 13.5. The van der Waals surface area contributed by atoms with Crippen LogP contribution in [0.25, 0.3) is 0 Å². The summed E-state index contributed by atoms with van der Waals surface area (Å²) in [5.41, 5.74) is -1.17. The van der Waals surface area contributed by atoms with Gasteiger partial charge in [-0.3, -0.25) is 9.59 Å². The minimum absolute atomic E-state index is 0.0721. The highest BCUT2D eigenvalue weighted by atomic mass is 16.6. The Labute approximate surface area is 217 Å². The van der Waals surface area contributed by atoms with Crippen LogP contribution in [0.4, 0.5) is 4.79 Å². The summed E-state index contributed by atoms with van der Waals surface area (Å²) in [5, 5.41) is 16.4. The number of nitrogens with zero attached hydrogens (tertiary/aromatic N) is 1. The molecule has 0 aliphatic heterocycles. The Balaban J connectivity index is 3.56. The van der Waals surface area contributed by atoms with Crippen LogP contribution in [0, 0.1) is 5.92 Å². The van der Waals surface area contributed by atoms with E-state index in [-0.39, 0.29) is 17.6 Å². The van der Waals surface area contributed by atoms with Crippen molar-refractivity contribution in [1.82, 2.24) is 15.5 Å². The van der Waals surface area contributed by atoms with Crippen molar-refractivity contribution in [2.24, 2.45) is 5.92 Å². The van der Waals surface area contributed by atoms with Crippen LogP contribution in [-0.4, -0.2) is 51.6 Å². The van der Waals surface area contributed by atoms with E-state index in [2.05, 4.69) is 17.6 Å². The lowest BCUT2D eigenvalue weighted by molar-refractivity contribution is -0.150. The summed E-state index contributed by atoms with van der Waals surface area (Å²) in [5.74, 6) is -1.14. The normalized spacial score (nSPS) is 13.6. The molecule has 204 valence electrons. The Morgan fingerprint density at radius 3 is 2.14 bits per heavy atom. The van der Waals surface area contributed by atoms with Crippen molar-refractivity contribution in [2.45, 2.75) is 111 Å². The molecule has 8 heteroatoms. The third-order valence-corrected chi connectivity index (χ3v) is 6.18. The number of carbonyl (C=O) groups excluding carboxylic acids is 3. The number of nitrogens with one attached hydrogen (secondary N) is 2. The minimum atomic E-state index is -1.09. The summed E-state index contributed by atoms with van der Waals surface area (Å²) in [4.78, 5) is 42.0. The van der Waals surface area contributed by atoms with E-state index in [1.807, 2.05) is 34.6 Å². The zero-order chi connectivity index (χ0) is 27.7. The molecule has 2 atom stereocenters. The smallest absolute Gasteiger partial charge is 0.408 e. The quantitative estimate of drug-likeness (QED) is 0.334. The maximum absolute atomic E-state index is 14.2. The van der Waals surface area contributed by atoms with Gasteiger partial charge in [0.1, 0.15) is 23.4 Å². The Hall–Kier alpha value is -2.77. The molecule has 36 heavy (non-hydrogen) atoms. The van der Waals surface area contributed by atoms with Gasteiger partial charge >= 0.3 is 6.09 Å². The molecule has 1 rings (SSSR count). The molecule has 3 amide bonds. The van der Waals surface area contributed by atoms with Crippen molar-refractivity contribution < 1.29 is 24.2 Å². The molecule has 1 aromatic rings. The number of benzene rings is 1. The SMILES string of the molecule is CCCCCNC(=O)C(c1ccccc1O)N(C(=O)C(NC(=O)OC(C)(C)C)C(C)C)C(C)(C)CC. The van der Waals surface area contributed by atoms with Crippen molar-refractivity contribution in [3.8, 4) is 5.75 Å². The van der Waals surface area contributed by atoms with E-state index < -0.39 is 35.2 Å². The van der Waals surface area contributed by atoms with Gasteiger partial charge in [0.15, 0.2) is 0 Å². The first-order valence-corrected chi connectivity index (χ1v) is 13.0. The fraction of sp³-hybridized carbons (Fsp3) is 0.679. The van der Waals surface area contributed by atoms with Gasteiger partial charge in [0, 0.05) is 17.6 Å². The van der Waals surface area contributed by atoms with Gasteiger partial charge in [0.25, 0.3) is 0 Å². The highest BCUT2D eigenvalue weighted by Gasteiger charge is 2.44. The van der Waals surface area contributed by atoms with Crippen LogP contribution in [0.2, 0.25) is 0 Å². The number of phenols is 1. The molecule has 3 N–H and O–H groups in total. The summed E-state index contributed by atoms with van der Waals surface area (Å²) >= 11 is 0. The number of amides is 3. The molecule has 0 fully saturated rings. The van der Waals surface area contributed by atoms with Crippen LogP contribution >= 0.6 is 0 Å². The lowest BCUT2D eigenvalue weighted by Crippen LogP contribution is -2.60. The number of carbonyl (C=O) groups is 3. The second-order valence-electron chi connectivity index (χ2n) is 11.2. The summed E-state index contributed by atoms with van der Waals surface area (Å²) in [6.07, 6.45) is 2.64. The van der Waals surface area contributed by atoms with E-state index >= 15 is 0 Å². The molecule has 0 radical (unpaired) electrons. The molecule has 2 unspecified atom stereocenters. The van der Waals surface area contributed by atoms with Crippen LogP contribution in [0.15, 0.2) is 24.3 Å². The third-order valence-electron chi connectivity index (χ3n) is 6.18. The Morgan fingerprint density at radius 2 is 1.64 bits per heavy atom. The summed E-state index contributed by atoms with van der Waals surface area (Å²) in [6, 6.07) is 4.54. The number of ether oxygens (including phenoxy) is 1. The maximum atomic E-state index is 14.2. The van der Waals surface area contributed by atoms with Gasteiger partial charge in [0.05, 0.1) is 0 Å². The van der Waals surface area contributed by atoms with E-state index in [0.29, 0.717) is 18.5 Å². The zero-order valence-electron chi connectivity index (χ0n) is 23.6. The topological polar surface area (TPSA) is 108 Å². The van der Waals surface area contributed by atoms with Crippen LogP contribution in [0.5, 0.6) is 5.75 Å². The second-order valence-corrected chi connectivity index (χ2v) is 11.2. The third kappa shape index (κ3) is 9.03. The molecule has 0 aliphatic rings. The first-order valence-electron chi connectivity index (χ1n) is 13.0. The van der Waals surface area contributed by atoms with Crippen molar-refractivity contribution in [3.63, 3.8) is 0 Å². The Kier molecular flexibility index (Phi) is 11.7. The van der Waals surface area contributed by atoms with Gasteiger partial charge < -0.3 is 25.4 Å². The van der Waals surface area contributed by atoms with Crippen molar-refractivity contribution >= 4 is 17.9 Å². The first-order chi connectivity index (χ1) is 16.7. The van der Waals surface area contributed by atoms with Gasteiger partial charge in [-0.2, -0.15) is 0 Å². The predicted octanol–water partition coefficient (Wildman–Crippen LogP) is 5.31. The van der Waals surface area contributed by atoms with Crippen molar-refractivity contribution in [1.29, 1.82) is 0 Å². The predicted molar refractivity (Wildman–Crippen MR) is 143 cm³/mol. The van der Waals surface area contributed by atoms with Gasteiger partial charge in [0.2, 0.25) is 11.8 Å². The molecule has 0 aliphatic carbocycles. The van der Waals surface area contributed by atoms with Crippen LogP contribution in [0.1, 0.15) is 99.6 Å². The number of unbranched alkanes of at least 4 members (excludes halogenated alkanes) is 2. The summed E-state index contributed by atoms with van der Waals surface area (Å²) < 4.78 is 5.41.